The van der Waals surface area contributed by atoms with Gasteiger partial charge in [-0.3, -0.25) is 4.79 Å². The quantitative estimate of drug-likeness (QED) is 0.480. The fraction of sp³-hybridized carbons (Fsp3) is 0.500. The molecule has 0 saturated heterocycles. The van der Waals surface area contributed by atoms with Crippen molar-refractivity contribution >= 4 is 17.4 Å². The zero-order chi connectivity index (χ0) is 24.1. The third kappa shape index (κ3) is 10.8. The van der Waals surface area contributed by atoms with Crippen LogP contribution in [-0.4, -0.2) is 23.5 Å². The molecule has 0 aliphatic heterocycles. The summed E-state index contributed by atoms with van der Waals surface area (Å²) in [6.07, 6.45) is 2.54. The van der Waals surface area contributed by atoms with Crippen molar-refractivity contribution in [2.45, 2.75) is 74.8 Å². The number of nitrogens with two attached hydrogens (primary N) is 3. The number of benzene rings is 1. The SMILES string of the molecule is CC.CC.CC.CC.CCC(CN)Nc1ccccc1-c1cnc(N)c(C(N)=O)c1. The molecule has 1 aromatic heterocycles. The number of hydrogen-bond acceptors (Lipinski definition) is 5. The van der Waals surface area contributed by atoms with Crippen molar-refractivity contribution in [3.8, 4) is 11.1 Å². The summed E-state index contributed by atoms with van der Waals surface area (Å²) >= 11 is 0. The van der Waals surface area contributed by atoms with Gasteiger partial charge >= 0.3 is 0 Å². The molecule has 7 N–H and O–H groups in total. The van der Waals surface area contributed by atoms with Crippen molar-refractivity contribution in [2.24, 2.45) is 11.5 Å². The number of nitrogens with zero attached hydrogens (tertiary/aromatic N) is 1. The lowest BCUT2D eigenvalue weighted by Gasteiger charge is -2.19. The molecule has 0 aliphatic carbocycles. The highest BCUT2D eigenvalue weighted by molar-refractivity contribution is 5.98. The van der Waals surface area contributed by atoms with E-state index in [4.69, 9.17) is 17.2 Å². The Balaban J connectivity index is -0.000000815. The summed E-state index contributed by atoms with van der Waals surface area (Å²) in [7, 11) is 0. The molecule has 0 spiro atoms. The Labute approximate surface area is 184 Å². The van der Waals surface area contributed by atoms with Gasteiger partial charge in [-0.25, -0.2) is 4.98 Å². The van der Waals surface area contributed by atoms with Crippen molar-refractivity contribution in [3.63, 3.8) is 0 Å². The molecule has 1 atom stereocenters. The molecule has 1 aromatic carbocycles. The second kappa shape index (κ2) is 21.1. The normalized spacial score (nSPS) is 9.53. The second-order valence-corrected chi connectivity index (χ2v) is 5.05. The van der Waals surface area contributed by atoms with E-state index in [0.29, 0.717) is 6.54 Å². The van der Waals surface area contributed by atoms with Crippen molar-refractivity contribution in [3.05, 3.63) is 42.1 Å². The number of pyridine rings is 1. The number of para-hydroxylation sites is 1. The third-order valence-electron chi connectivity index (χ3n) is 3.56. The third-order valence-corrected chi connectivity index (χ3v) is 3.56. The zero-order valence-corrected chi connectivity index (χ0v) is 20.5. The van der Waals surface area contributed by atoms with Crippen LogP contribution >= 0.6 is 0 Å². The maximum atomic E-state index is 11.4. The second-order valence-electron chi connectivity index (χ2n) is 5.05. The van der Waals surface area contributed by atoms with Gasteiger partial charge in [0.15, 0.2) is 0 Å². The van der Waals surface area contributed by atoms with Crippen LogP contribution in [0.2, 0.25) is 0 Å². The molecule has 0 fully saturated rings. The number of rotatable bonds is 6. The maximum Gasteiger partial charge on any atom is 0.252 e. The fourth-order valence-corrected chi connectivity index (χ4v) is 2.23. The first-order valence-electron chi connectivity index (χ1n) is 11.2. The Morgan fingerprint density at radius 2 is 1.57 bits per heavy atom. The minimum Gasteiger partial charge on any atom is -0.383 e. The Hall–Kier alpha value is -2.60. The van der Waals surface area contributed by atoms with Gasteiger partial charge in [-0.2, -0.15) is 0 Å². The molecule has 172 valence electrons. The number of anilines is 2. The van der Waals surface area contributed by atoms with Gasteiger partial charge in [0, 0.05) is 35.6 Å². The van der Waals surface area contributed by atoms with E-state index in [1.807, 2.05) is 79.7 Å². The molecule has 0 radical (unpaired) electrons. The summed E-state index contributed by atoms with van der Waals surface area (Å²) in [5, 5.41) is 3.41. The van der Waals surface area contributed by atoms with Gasteiger partial charge in [0.05, 0.1) is 5.56 Å². The lowest BCUT2D eigenvalue weighted by Crippen LogP contribution is -2.28. The van der Waals surface area contributed by atoms with Crippen molar-refractivity contribution < 1.29 is 4.79 Å². The number of aromatic nitrogens is 1. The number of nitrogen functional groups attached to an aromatic ring is 1. The number of amides is 1. The molecular formula is C24H45N5O. The average molecular weight is 420 g/mol. The van der Waals surface area contributed by atoms with Crippen LogP contribution in [0.15, 0.2) is 36.5 Å². The van der Waals surface area contributed by atoms with Crippen LogP contribution in [0, 0.1) is 0 Å². The number of carbonyl (C=O) groups is 1. The van der Waals surface area contributed by atoms with E-state index >= 15 is 0 Å². The van der Waals surface area contributed by atoms with E-state index in [1.165, 1.54) is 0 Å². The van der Waals surface area contributed by atoms with Crippen molar-refractivity contribution in [1.82, 2.24) is 4.98 Å². The molecule has 1 unspecified atom stereocenters. The van der Waals surface area contributed by atoms with Gasteiger partial charge in [0.25, 0.3) is 5.91 Å². The molecule has 6 heteroatoms. The first-order valence-corrected chi connectivity index (χ1v) is 11.2. The van der Waals surface area contributed by atoms with Gasteiger partial charge in [-0.1, -0.05) is 80.5 Å². The predicted molar refractivity (Wildman–Crippen MR) is 135 cm³/mol. The van der Waals surface area contributed by atoms with Crippen LogP contribution in [0.5, 0.6) is 0 Å². The Bertz CT molecular complexity index is 670. The van der Waals surface area contributed by atoms with Gasteiger partial charge in [0.1, 0.15) is 5.82 Å². The fourth-order valence-electron chi connectivity index (χ4n) is 2.23. The lowest BCUT2D eigenvalue weighted by atomic mass is 10.0. The van der Waals surface area contributed by atoms with Crippen LogP contribution < -0.4 is 22.5 Å². The Kier molecular flexibility index (Phi) is 22.6. The molecule has 2 aromatic rings. The topological polar surface area (TPSA) is 120 Å². The summed E-state index contributed by atoms with van der Waals surface area (Å²) in [5.41, 5.74) is 19.6. The smallest absolute Gasteiger partial charge is 0.252 e. The van der Waals surface area contributed by atoms with Crippen LogP contribution in [0.3, 0.4) is 0 Å². The van der Waals surface area contributed by atoms with E-state index in [1.54, 1.807) is 12.3 Å². The summed E-state index contributed by atoms with van der Waals surface area (Å²) in [6, 6.07) is 9.61. The number of carbonyl (C=O) groups excluding carboxylic acids is 1. The molecular weight excluding hydrogens is 374 g/mol. The Morgan fingerprint density at radius 3 is 2.03 bits per heavy atom. The van der Waals surface area contributed by atoms with E-state index in [0.717, 1.165) is 23.2 Å². The van der Waals surface area contributed by atoms with E-state index in [9.17, 15) is 4.79 Å². The van der Waals surface area contributed by atoms with Gasteiger partial charge in [-0.15, -0.1) is 0 Å². The molecule has 0 aliphatic rings. The highest BCUT2D eigenvalue weighted by Crippen LogP contribution is 2.29. The molecule has 30 heavy (non-hydrogen) atoms. The molecule has 1 amide bonds. The summed E-state index contributed by atoms with van der Waals surface area (Å²) < 4.78 is 0. The number of nitrogens with one attached hydrogen (secondary N) is 1. The predicted octanol–water partition coefficient (Wildman–Crippen LogP) is 5.68. The van der Waals surface area contributed by atoms with Gasteiger partial charge < -0.3 is 22.5 Å². The van der Waals surface area contributed by atoms with Crippen LogP contribution in [0.25, 0.3) is 11.1 Å². The van der Waals surface area contributed by atoms with Crippen LogP contribution in [-0.2, 0) is 0 Å². The van der Waals surface area contributed by atoms with E-state index < -0.39 is 5.91 Å². The van der Waals surface area contributed by atoms with Crippen LogP contribution in [0.1, 0.15) is 79.1 Å². The first kappa shape index (κ1) is 32.1. The molecule has 1 heterocycles. The Morgan fingerprint density at radius 1 is 1.03 bits per heavy atom. The lowest BCUT2D eigenvalue weighted by molar-refractivity contribution is 0.100. The summed E-state index contributed by atoms with van der Waals surface area (Å²) in [5.74, 6) is -0.458. The standard InChI is InChI=1S/C16H21N5O.4C2H6/c1-2-11(8-17)21-14-6-4-3-5-12(14)10-7-13(16(19)22)15(18)20-9-10;4*1-2/h3-7,9,11,21H,2,8,17H2,1H3,(H2,18,20)(H2,19,22);4*1-2H3. The zero-order valence-electron chi connectivity index (χ0n) is 20.5. The average Bonchev–Trinajstić information content (AvgIpc) is 2.83. The molecule has 0 bridgehead atoms. The monoisotopic (exact) mass is 419 g/mol. The van der Waals surface area contributed by atoms with Crippen LogP contribution in [0.4, 0.5) is 11.5 Å². The maximum absolute atomic E-state index is 11.4. The molecule has 2 rings (SSSR count). The van der Waals surface area contributed by atoms with Crippen molar-refractivity contribution in [1.29, 1.82) is 0 Å². The van der Waals surface area contributed by atoms with Crippen molar-refractivity contribution in [2.75, 3.05) is 17.6 Å². The largest absolute Gasteiger partial charge is 0.383 e. The highest BCUT2D eigenvalue weighted by Gasteiger charge is 2.13. The summed E-state index contributed by atoms with van der Waals surface area (Å²) in [4.78, 5) is 15.5. The minimum atomic E-state index is -0.592. The number of primary amides is 1. The van der Waals surface area contributed by atoms with Gasteiger partial charge in [-0.05, 0) is 18.6 Å². The first-order chi connectivity index (χ1) is 14.6. The number of hydrogen-bond donors (Lipinski definition) is 4. The van der Waals surface area contributed by atoms with Gasteiger partial charge in [0.2, 0.25) is 0 Å². The highest BCUT2D eigenvalue weighted by atomic mass is 16.1. The molecule has 0 saturated carbocycles. The van der Waals surface area contributed by atoms with E-state index in [2.05, 4.69) is 17.2 Å². The minimum absolute atomic E-state index is 0.134. The molecule has 6 nitrogen and oxygen atoms in total. The van der Waals surface area contributed by atoms with E-state index in [-0.39, 0.29) is 17.4 Å². The summed E-state index contributed by atoms with van der Waals surface area (Å²) in [6.45, 7) is 18.6.